The van der Waals surface area contributed by atoms with E-state index in [-0.39, 0.29) is 5.54 Å². The second-order valence-corrected chi connectivity index (χ2v) is 6.06. The summed E-state index contributed by atoms with van der Waals surface area (Å²) in [6.07, 6.45) is 8.60. The van der Waals surface area contributed by atoms with Crippen LogP contribution in [-0.4, -0.2) is 20.8 Å². The quantitative estimate of drug-likeness (QED) is 0.861. The van der Waals surface area contributed by atoms with E-state index < -0.39 is 0 Å². The van der Waals surface area contributed by atoms with Crippen molar-refractivity contribution < 1.29 is 0 Å². The Kier molecular flexibility index (Phi) is 3.40. The molecule has 0 aromatic carbocycles. The fourth-order valence-electron chi connectivity index (χ4n) is 2.93. The molecule has 0 bridgehead atoms. The zero-order valence-electron chi connectivity index (χ0n) is 11.3. The number of nitrogens with one attached hydrogen (secondary N) is 1. The minimum atomic E-state index is 0.0343. The average molecular weight is 278 g/mol. The molecule has 3 nitrogen and oxygen atoms in total. The van der Waals surface area contributed by atoms with Crippen molar-refractivity contribution in [3.05, 3.63) is 30.6 Å². The smallest absolute Gasteiger partial charge is 0.138 e. The molecular weight excluding hydrogens is 258 g/mol. The molecule has 1 N–H and O–H groups in total. The molecule has 0 atom stereocenters. The summed E-state index contributed by atoms with van der Waals surface area (Å²) in [7, 11) is 0. The van der Waals surface area contributed by atoms with Gasteiger partial charge < -0.3 is 5.32 Å². The highest BCUT2D eigenvalue weighted by Crippen LogP contribution is 2.35. The summed E-state index contributed by atoms with van der Waals surface area (Å²) >= 11 is 6.27. The lowest BCUT2D eigenvalue weighted by Gasteiger charge is -2.39. The van der Waals surface area contributed by atoms with Gasteiger partial charge in [-0.25, -0.2) is 4.98 Å². The highest BCUT2D eigenvalue weighted by molar-refractivity contribution is 6.18. The first-order chi connectivity index (χ1) is 9.22. The second kappa shape index (κ2) is 5.04. The number of rotatable bonds is 3. The summed E-state index contributed by atoms with van der Waals surface area (Å²) in [4.78, 5) is 4.32. The van der Waals surface area contributed by atoms with Crippen molar-refractivity contribution in [3.8, 4) is 0 Å². The van der Waals surface area contributed by atoms with E-state index in [1.807, 2.05) is 24.5 Å². The summed E-state index contributed by atoms with van der Waals surface area (Å²) in [5.41, 5.74) is 1.01. The first-order valence-electron chi connectivity index (χ1n) is 6.99. The van der Waals surface area contributed by atoms with Crippen LogP contribution >= 0.6 is 11.6 Å². The molecule has 1 fully saturated rings. The summed E-state index contributed by atoms with van der Waals surface area (Å²) < 4.78 is 2.09. The highest BCUT2D eigenvalue weighted by Gasteiger charge is 2.33. The van der Waals surface area contributed by atoms with Crippen LogP contribution in [0.3, 0.4) is 0 Å². The van der Waals surface area contributed by atoms with E-state index in [4.69, 9.17) is 11.6 Å². The summed E-state index contributed by atoms with van der Waals surface area (Å²) in [5.74, 6) is 2.57. The van der Waals surface area contributed by atoms with Crippen molar-refractivity contribution in [1.82, 2.24) is 9.38 Å². The van der Waals surface area contributed by atoms with Crippen molar-refractivity contribution in [2.24, 2.45) is 5.92 Å². The van der Waals surface area contributed by atoms with Crippen molar-refractivity contribution in [1.29, 1.82) is 0 Å². The SMILES string of the molecule is CC1CCC(CCl)(Nc2cccc3nccn23)CC1. The Labute approximate surface area is 119 Å². The third kappa shape index (κ3) is 2.44. The second-order valence-electron chi connectivity index (χ2n) is 5.79. The molecular formula is C15H20ClN3. The van der Waals surface area contributed by atoms with Gasteiger partial charge in [-0.15, -0.1) is 11.6 Å². The van der Waals surface area contributed by atoms with Gasteiger partial charge in [-0.05, 0) is 43.7 Å². The van der Waals surface area contributed by atoms with E-state index >= 15 is 0 Å². The number of pyridine rings is 1. The molecule has 0 spiro atoms. The Morgan fingerprint density at radius 1 is 1.42 bits per heavy atom. The van der Waals surface area contributed by atoms with Crippen LogP contribution in [0.15, 0.2) is 30.6 Å². The van der Waals surface area contributed by atoms with Crippen LogP contribution < -0.4 is 5.32 Å². The molecule has 0 radical (unpaired) electrons. The minimum absolute atomic E-state index is 0.0343. The van der Waals surface area contributed by atoms with Crippen molar-refractivity contribution in [2.75, 3.05) is 11.2 Å². The van der Waals surface area contributed by atoms with E-state index in [1.54, 1.807) is 0 Å². The number of aromatic nitrogens is 2. The molecule has 4 heteroatoms. The highest BCUT2D eigenvalue weighted by atomic mass is 35.5. The number of hydrogen-bond donors (Lipinski definition) is 1. The Balaban J connectivity index is 1.88. The Bertz CT molecular complexity index is 555. The monoisotopic (exact) mass is 277 g/mol. The maximum Gasteiger partial charge on any atom is 0.138 e. The molecule has 0 saturated heterocycles. The van der Waals surface area contributed by atoms with Gasteiger partial charge in [0.2, 0.25) is 0 Å². The lowest BCUT2D eigenvalue weighted by molar-refractivity contribution is 0.286. The first-order valence-corrected chi connectivity index (χ1v) is 7.52. The predicted octanol–water partition coefficient (Wildman–Crippen LogP) is 3.93. The summed E-state index contributed by atoms with van der Waals surface area (Å²) in [5, 5.41) is 3.68. The van der Waals surface area contributed by atoms with E-state index in [0.717, 1.165) is 30.2 Å². The summed E-state index contributed by atoms with van der Waals surface area (Å²) in [6, 6.07) is 6.15. The van der Waals surface area contributed by atoms with Gasteiger partial charge in [0.15, 0.2) is 0 Å². The first kappa shape index (κ1) is 12.8. The van der Waals surface area contributed by atoms with Crippen LogP contribution in [0.4, 0.5) is 5.82 Å². The van der Waals surface area contributed by atoms with Crippen LogP contribution in [0.5, 0.6) is 0 Å². The average Bonchev–Trinajstić information content (AvgIpc) is 2.91. The molecule has 19 heavy (non-hydrogen) atoms. The maximum atomic E-state index is 6.27. The van der Waals surface area contributed by atoms with E-state index in [2.05, 4.69) is 27.7 Å². The molecule has 1 aliphatic rings. The van der Waals surface area contributed by atoms with Crippen LogP contribution in [-0.2, 0) is 0 Å². The van der Waals surface area contributed by atoms with Crippen molar-refractivity contribution in [2.45, 2.75) is 38.1 Å². The molecule has 1 aliphatic carbocycles. The predicted molar refractivity (Wildman–Crippen MR) is 79.9 cm³/mol. The number of fused-ring (bicyclic) bond motifs is 1. The Morgan fingerprint density at radius 2 is 2.21 bits per heavy atom. The number of imidazole rings is 1. The largest absolute Gasteiger partial charge is 0.365 e. The zero-order chi connectivity index (χ0) is 13.3. The van der Waals surface area contributed by atoms with Crippen LogP contribution in [0.25, 0.3) is 5.65 Å². The third-order valence-electron chi connectivity index (χ3n) is 4.31. The molecule has 0 amide bonds. The molecule has 2 heterocycles. The van der Waals surface area contributed by atoms with Gasteiger partial charge in [0.05, 0.1) is 5.54 Å². The Hall–Kier alpha value is -1.22. The lowest BCUT2D eigenvalue weighted by atomic mass is 9.78. The molecule has 1 saturated carbocycles. The number of anilines is 1. The van der Waals surface area contributed by atoms with Crippen LogP contribution in [0.1, 0.15) is 32.6 Å². The molecule has 0 aliphatic heterocycles. The van der Waals surface area contributed by atoms with Gasteiger partial charge in [-0.1, -0.05) is 13.0 Å². The molecule has 2 aromatic rings. The van der Waals surface area contributed by atoms with Crippen molar-refractivity contribution in [3.63, 3.8) is 0 Å². The van der Waals surface area contributed by atoms with E-state index in [1.165, 1.54) is 12.8 Å². The number of alkyl halides is 1. The molecule has 102 valence electrons. The number of hydrogen-bond acceptors (Lipinski definition) is 2. The van der Waals surface area contributed by atoms with Gasteiger partial charge in [-0.2, -0.15) is 0 Å². The van der Waals surface area contributed by atoms with Crippen molar-refractivity contribution >= 4 is 23.1 Å². The van der Waals surface area contributed by atoms with Gasteiger partial charge >= 0.3 is 0 Å². The molecule has 3 rings (SSSR count). The molecule has 0 unspecified atom stereocenters. The van der Waals surface area contributed by atoms with Gasteiger partial charge in [0.25, 0.3) is 0 Å². The van der Waals surface area contributed by atoms with Gasteiger partial charge in [0.1, 0.15) is 11.5 Å². The Morgan fingerprint density at radius 3 is 2.95 bits per heavy atom. The topological polar surface area (TPSA) is 29.3 Å². The maximum absolute atomic E-state index is 6.27. The van der Waals surface area contributed by atoms with Crippen LogP contribution in [0, 0.1) is 5.92 Å². The normalized spacial score (nSPS) is 27.6. The van der Waals surface area contributed by atoms with E-state index in [9.17, 15) is 0 Å². The molecule has 2 aromatic heterocycles. The lowest BCUT2D eigenvalue weighted by Crippen LogP contribution is -2.44. The fraction of sp³-hybridized carbons (Fsp3) is 0.533. The number of nitrogens with zero attached hydrogens (tertiary/aromatic N) is 2. The fourth-order valence-corrected chi connectivity index (χ4v) is 3.26. The van der Waals surface area contributed by atoms with Crippen LogP contribution in [0.2, 0.25) is 0 Å². The minimum Gasteiger partial charge on any atom is -0.365 e. The standard InChI is InChI=1S/C15H20ClN3/c1-12-5-7-15(11-16,8-6-12)18-14-4-2-3-13-17-9-10-19(13)14/h2-4,9-10,12,18H,5-8,11H2,1H3. The number of halogens is 1. The third-order valence-corrected chi connectivity index (χ3v) is 4.82. The van der Waals surface area contributed by atoms with E-state index in [0.29, 0.717) is 5.88 Å². The van der Waals surface area contributed by atoms with Gasteiger partial charge in [-0.3, -0.25) is 4.40 Å². The van der Waals surface area contributed by atoms with Gasteiger partial charge in [0, 0.05) is 18.3 Å². The zero-order valence-corrected chi connectivity index (χ0v) is 12.0. The summed E-state index contributed by atoms with van der Waals surface area (Å²) in [6.45, 7) is 2.33.